The van der Waals surface area contributed by atoms with E-state index in [0.717, 1.165) is 30.4 Å². The number of nitrogens with one attached hydrogen (secondary N) is 1. The molecule has 2 amide bonds. The van der Waals surface area contributed by atoms with Gasteiger partial charge in [-0.2, -0.15) is 0 Å². The SMILES string of the molecule is CC(C)(C)N1CCC(C(=O)Nc2c(C(N)=O)oc3ccc(Br)cc23)CC1. The molecule has 1 aromatic heterocycles. The summed E-state index contributed by atoms with van der Waals surface area (Å²) in [6.45, 7) is 8.30. The third-order valence-electron chi connectivity index (χ3n) is 4.94. The highest BCUT2D eigenvalue weighted by Crippen LogP contribution is 2.34. The Hall–Kier alpha value is -1.86. The Balaban J connectivity index is 1.81. The second-order valence-electron chi connectivity index (χ2n) is 7.73. The molecule has 1 saturated heterocycles. The Morgan fingerprint density at radius 1 is 1.27 bits per heavy atom. The number of rotatable bonds is 3. The molecule has 0 bridgehead atoms. The van der Waals surface area contributed by atoms with Crippen LogP contribution < -0.4 is 11.1 Å². The van der Waals surface area contributed by atoms with Gasteiger partial charge in [0.05, 0.1) is 0 Å². The molecule has 6 nitrogen and oxygen atoms in total. The minimum atomic E-state index is -0.699. The molecule has 3 N–H and O–H groups in total. The lowest BCUT2D eigenvalue weighted by molar-refractivity contribution is -0.121. The number of hydrogen-bond donors (Lipinski definition) is 2. The number of furan rings is 1. The van der Waals surface area contributed by atoms with Crippen molar-refractivity contribution in [3.63, 3.8) is 0 Å². The van der Waals surface area contributed by atoms with Crippen LogP contribution in [0.4, 0.5) is 5.69 Å². The van der Waals surface area contributed by atoms with Crippen molar-refractivity contribution in [2.75, 3.05) is 18.4 Å². The maximum Gasteiger partial charge on any atom is 0.286 e. The third-order valence-corrected chi connectivity index (χ3v) is 5.43. The topological polar surface area (TPSA) is 88.6 Å². The number of benzene rings is 1. The summed E-state index contributed by atoms with van der Waals surface area (Å²) in [5.41, 5.74) is 6.41. The summed E-state index contributed by atoms with van der Waals surface area (Å²) < 4.78 is 6.38. The minimum Gasteiger partial charge on any atom is -0.449 e. The lowest BCUT2D eigenvalue weighted by Crippen LogP contribution is -2.47. The van der Waals surface area contributed by atoms with Gasteiger partial charge in [-0.05, 0) is 64.9 Å². The van der Waals surface area contributed by atoms with E-state index in [2.05, 4.69) is 46.9 Å². The molecular weight excluding hydrogens is 398 g/mol. The minimum absolute atomic E-state index is 0.0152. The van der Waals surface area contributed by atoms with Crippen molar-refractivity contribution in [2.24, 2.45) is 11.7 Å². The van der Waals surface area contributed by atoms with E-state index in [9.17, 15) is 9.59 Å². The lowest BCUT2D eigenvalue weighted by atomic mass is 9.92. The molecule has 1 aliphatic heterocycles. The fraction of sp³-hybridized carbons (Fsp3) is 0.474. The van der Waals surface area contributed by atoms with Crippen molar-refractivity contribution >= 4 is 44.4 Å². The molecule has 7 heteroatoms. The lowest BCUT2D eigenvalue weighted by Gasteiger charge is -2.40. The smallest absolute Gasteiger partial charge is 0.286 e. The van der Waals surface area contributed by atoms with Gasteiger partial charge in [-0.1, -0.05) is 15.9 Å². The molecule has 1 aromatic carbocycles. The van der Waals surface area contributed by atoms with E-state index >= 15 is 0 Å². The highest BCUT2D eigenvalue weighted by Gasteiger charge is 2.31. The number of primary amides is 1. The number of fused-ring (bicyclic) bond motifs is 1. The fourth-order valence-electron chi connectivity index (χ4n) is 3.41. The molecule has 1 fully saturated rings. The van der Waals surface area contributed by atoms with Crippen LogP contribution in [-0.2, 0) is 4.79 Å². The van der Waals surface area contributed by atoms with E-state index in [1.807, 2.05) is 12.1 Å². The normalized spacial score (nSPS) is 16.8. The zero-order valence-electron chi connectivity index (χ0n) is 15.3. The number of anilines is 1. The number of amides is 2. The van der Waals surface area contributed by atoms with Crippen LogP contribution in [0.1, 0.15) is 44.2 Å². The van der Waals surface area contributed by atoms with Crippen LogP contribution in [0, 0.1) is 5.92 Å². The van der Waals surface area contributed by atoms with Gasteiger partial charge in [-0.25, -0.2) is 0 Å². The average Bonchev–Trinajstić information content (AvgIpc) is 2.92. The molecule has 26 heavy (non-hydrogen) atoms. The zero-order valence-corrected chi connectivity index (χ0v) is 16.9. The second kappa shape index (κ2) is 7.04. The van der Waals surface area contributed by atoms with E-state index in [-0.39, 0.29) is 23.1 Å². The summed E-state index contributed by atoms with van der Waals surface area (Å²) >= 11 is 3.40. The second-order valence-corrected chi connectivity index (χ2v) is 8.65. The predicted molar refractivity (Wildman–Crippen MR) is 105 cm³/mol. The van der Waals surface area contributed by atoms with Gasteiger partial charge in [0, 0.05) is 21.3 Å². The number of carbonyl (C=O) groups excluding carboxylic acids is 2. The Morgan fingerprint density at radius 3 is 2.50 bits per heavy atom. The standard InChI is InChI=1S/C19H24BrN3O3/c1-19(2,3)23-8-6-11(7-9-23)18(25)22-15-13-10-12(20)4-5-14(13)26-16(15)17(21)24/h4-5,10-11H,6-9H2,1-3H3,(H2,21,24)(H,22,25). The summed E-state index contributed by atoms with van der Waals surface area (Å²) in [5.74, 6) is -0.899. The molecule has 3 rings (SSSR count). The Labute approximate surface area is 161 Å². The van der Waals surface area contributed by atoms with Crippen molar-refractivity contribution in [2.45, 2.75) is 39.2 Å². The fourth-order valence-corrected chi connectivity index (χ4v) is 3.77. The largest absolute Gasteiger partial charge is 0.449 e. The van der Waals surface area contributed by atoms with Crippen LogP contribution in [0.2, 0.25) is 0 Å². The Bertz CT molecular complexity index is 846. The molecule has 0 spiro atoms. The maximum absolute atomic E-state index is 12.8. The summed E-state index contributed by atoms with van der Waals surface area (Å²) in [7, 11) is 0. The molecule has 2 aromatic rings. The number of likely N-dealkylation sites (tertiary alicyclic amines) is 1. The highest BCUT2D eigenvalue weighted by atomic mass is 79.9. The third kappa shape index (κ3) is 3.78. The molecule has 0 aliphatic carbocycles. The highest BCUT2D eigenvalue weighted by molar-refractivity contribution is 9.10. The van der Waals surface area contributed by atoms with Crippen LogP contribution in [-0.4, -0.2) is 35.3 Å². The first-order chi connectivity index (χ1) is 12.2. The van der Waals surface area contributed by atoms with Crippen molar-refractivity contribution in [1.29, 1.82) is 0 Å². The monoisotopic (exact) mass is 421 g/mol. The van der Waals surface area contributed by atoms with E-state index in [1.165, 1.54) is 0 Å². The quantitative estimate of drug-likeness (QED) is 0.789. The number of nitrogens with zero attached hydrogens (tertiary/aromatic N) is 1. The zero-order chi connectivity index (χ0) is 19.1. The Kier molecular flexibility index (Phi) is 5.12. The number of carbonyl (C=O) groups is 2. The maximum atomic E-state index is 12.8. The van der Waals surface area contributed by atoms with Gasteiger partial charge in [0.2, 0.25) is 11.7 Å². The van der Waals surface area contributed by atoms with Crippen molar-refractivity contribution < 1.29 is 14.0 Å². The van der Waals surface area contributed by atoms with E-state index in [4.69, 9.17) is 10.2 Å². The first kappa shape index (κ1) is 18.9. The van der Waals surface area contributed by atoms with Gasteiger partial charge in [0.15, 0.2) is 0 Å². The Morgan fingerprint density at radius 2 is 1.92 bits per heavy atom. The number of nitrogens with two attached hydrogens (primary N) is 1. The predicted octanol–water partition coefficient (Wildman–Crippen LogP) is 3.74. The van der Waals surface area contributed by atoms with E-state index in [0.29, 0.717) is 16.7 Å². The van der Waals surface area contributed by atoms with Gasteiger partial charge < -0.3 is 15.5 Å². The number of hydrogen-bond acceptors (Lipinski definition) is 4. The molecule has 0 atom stereocenters. The number of piperidine rings is 1. The molecule has 1 aliphatic rings. The van der Waals surface area contributed by atoms with Gasteiger partial charge in [0.25, 0.3) is 5.91 Å². The van der Waals surface area contributed by atoms with Crippen molar-refractivity contribution in [3.05, 3.63) is 28.4 Å². The van der Waals surface area contributed by atoms with E-state index in [1.54, 1.807) is 6.07 Å². The first-order valence-corrected chi connectivity index (χ1v) is 9.54. The summed E-state index contributed by atoms with van der Waals surface area (Å²) in [4.78, 5) is 26.9. The van der Waals surface area contributed by atoms with Crippen molar-refractivity contribution in [1.82, 2.24) is 4.90 Å². The molecule has 0 saturated carbocycles. The summed E-state index contributed by atoms with van der Waals surface area (Å²) in [6, 6.07) is 5.36. The van der Waals surface area contributed by atoms with Crippen LogP contribution in [0.15, 0.2) is 27.1 Å². The van der Waals surface area contributed by atoms with Gasteiger partial charge in [0.1, 0.15) is 11.3 Å². The van der Waals surface area contributed by atoms with Crippen LogP contribution >= 0.6 is 15.9 Å². The molecule has 0 radical (unpaired) electrons. The van der Waals surface area contributed by atoms with Crippen LogP contribution in [0.25, 0.3) is 11.0 Å². The molecular formula is C19H24BrN3O3. The van der Waals surface area contributed by atoms with Gasteiger partial charge >= 0.3 is 0 Å². The summed E-state index contributed by atoms with van der Waals surface area (Å²) in [5, 5.41) is 3.55. The number of halogens is 1. The first-order valence-electron chi connectivity index (χ1n) is 8.74. The molecule has 2 heterocycles. The van der Waals surface area contributed by atoms with Gasteiger partial charge in [-0.15, -0.1) is 0 Å². The van der Waals surface area contributed by atoms with Crippen LogP contribution in [0.5, 0.6) is 0 Å². The molecule has 0 unspecified atom stereocenters. The van der Waals surface area contributed by atoms with Crippen molar-refractivity contribution in [3.8, 4) is 0 Å². The summed E-state index contributed by atoms with van der Waals surface area (Å²) in [6.07, 6.45) is 1.57. The van der Waals surface area contributed by atoms with Crippen LogP contribution in [0.3, 0.4) is 0 Å². The average molecular weight is 422 g/mol. The van der Waals surface area contributed by atoms with Gasteiger partial charge in [-0.3, -0.25) is 14.5 Å². The molecule has 140 valence electrons. The van der Waals surface area contributed by atoms with E-state index < -0.39 is 5.91 Å².